The first-order valence-electron chi connectivity index (χ1n) is 8.52. The molecule has 1 aromatic carbocycles. The molecule has 0 unspecified atom stereocenters. The summed E-state index contributed by atoms with van der Waals surface area (Å²) in [6, 6.07) is 7.51. The second kappa shape index (κ2) is 7.82. The van der Waals surface area contributed by atoms with Gasteiger partial charge in [0.05, 0.1) is 0 Å². The molecular formula is C18H20N2O5S. The number of amides is 2. The Morgan fingerprint density at radius 3 is 2.58 bits per heavy atom. The van der Waals surface area contributed by atoms with E-state index in [1.807, 2.05) is 30.3 Å². The Labute approximate surface area is 156 Å². The van der Waals surface area contributed by atoms with Gasteiger partial charge in [-0.3, -0.25) is 9.69 Å². The maximum Gasteiger partial charge on any atom is 0.410 e. The smallest absolute Gasteiger partial charge is 0.410 e. The summed E-state index contributed by atoms with van der Waals surface area (Å²) in [5.41, 5.74) is 0.860. The van der Waals surface area contributed by atoms with Gasteiger partial charge >= 0.3 is 12.1 Å². The van der Waals surface area contributed by atoms with Crippen molar-refractivity contribution >= 4 is 35.1 Å². The van der Waals surface area contributed by atoms with Crippen LogP contribution in [0.2, 0.25) is 0 Å². The first-order valence-corrected chi connectivity index (χ1v) is 8.93. The van der Waals surface area contributed by atoms with Gasteiger partial charge in [0.15, 0.2) is 6.04 Å². The molecule has 0 spiro atoms. The second-order valence-electron chi connectivity index (χ2n) is 6.38. The monoisotopic (exact) mass is 376 g/mol. The molecule has 2 amide bonds. The molecule has 8 heteroatoms. The van der Waals surface area contributed by atoms with Crippen molar-refractivity contribution in [2.75, 3.05) is 13.1 Å². The lowest BCUT2D eigenvalue weighted by atomic mass is 10.1. The van der Waals surface area contributed by atoms with Crippen LogP contribution in [0.4, 0.5) is 4.79 Å². The van der Waals surface area contributed by atoms with E-state index in [9.17, 15) is 19.5 Å². The van der Waals surface area contributed by atoms with Crippen LogP contribution in [0.25, 0.3) is 0 Å². The zero-order chi connectivity index (χ0) is 18.7. The Hall–Kier alpha value is -2.48. The Morgan fingerprint density at radius 2 is 1.88 bits per heavy atom. The van der Waals surface area contributed by atoms with Gasteiger partial charge in [0.2, 0.25) is 5.91 Å². The van der Waals surface area contributed by atoms with E-state index in [-0.39, 0.29) is 19.1 Å². The topological polar surface area (TPSA) is 87.2 Å². The molecule has 2 fully saturated rings. The zero-order valence-corrected chi connectivity index (χ0v) is 15.0. The van der Waals surface area contributed by atoms with Crippen molar-refractivity contribution < 1.29 is 24.2 Å². The number of ether oxygens (including phenoxy) is 1. The number of likely N-dealkylation sites (tertiary alicyclic amines) is 2. The summed E-state index contributed by atoms with van der Waals surface area (Å²) in [4.78, 5) is 39.7. The van der Waals surface area contributed by atoms with Crippen LogP contribution in [0, 0.1) is 0 Å². The Morgan fingerprint density at radius 1 is 1.15 bits per heavy atom. The van der Waals surface area contributed by atoms with Crippen LogP contribution in [-0.4, -0.2) is 62.9 Å². The number of carbonyl (C=O) groups is 3. The van der Waals surface area contributed by atoms with Gasteiger partial charge in [0, 0.05) is 18.0 Å². The Balaban J connectivity index is 1.65. The molecule has 2 aliphatic rings. The van der Waals surface area contributed by atoms with Gasteiger partial charge in [-0.1, -0.05) is 42.5 Å². The van der Waals surface area contributed by atoms with Gasteiger partial charge in [0.1, 0.15) is 12.6 Å². The van der Waals surface area contributed by atoms with Crippen molar-refractivity contribution in [3.05, 3.63) is 35.9 Å². The van der Waals surface area contributed by atoms with Crippen molar-refractivity contribution in [2.45, 2.75) is 38.0 Å². The fraction of sp³-hybridized carbons (Fsp3) is 0.444. The van der Waals surface area contributed by atoms with E-state index in [1.165, 1.54) is 9.80 Å². The summed E-state index contributed by atoms with van der Waals surface area (Å²) in [7, 11) is 0. The molecule has 1 aromatic rings. The maximum atomic E-state index is 12.9. The molecule has 7 nitrogen and oxygen atoms in total. The van der Waals surface area contributed by atoms with Gasteiger partial charge in [0.25, 0.3) is 0 Å². The number of hydrogen-bond acceptors (Lipinski definition) is 5. The van der Waals surface area contributed by atoms with Gasteiger partial charge in [-0.05, 0) is 24.8 Å². The normalized spacial score (nSPS) is 22.5. The fourth-order valence-electron chi connectivity index (χ4n) is 3.41. The van der Waals surface area contributed by atoms with E-state index in [0.717, 1.165) is 5.56 Å². The van der Waals surface area contributed by atoms with Crippen molar-refractivity contribution in [2.24, 2.45) is 0 Å². The maximum absolute atomic E-state index is 12.9. The predicted octanol–water partition coefficient (Wildman–Crippen LogP) is 1.84. The van der Waals surface area contributed by atoms with Crippen molar-refractivity contribution in [1.82, 2.24) is 9.80 Å². The summed E-state index contributed by atoms with van der Waals surface area (Å²) in [6.07, 6.45) is 1.00. The SMILES string of the molecule is O=C(O)[C@@H]1C(=S)CCN1C(=O)[C@@H]1CCCN1C(=O)OCc1ccccc1. The summed E-state index contributed by atoms with van der Waals surface area (Å²) in [5.74, 6) is -1.50. The average Bonchev–Trinajstić information content (AvgIpc) is 3.26. The third kappa shape index (κ3) is 3.70. The highest BCUT2D eigenvalue weighted by molar-refractivity contribution is 7.80. The van der Waals surface area contributed by atoms with E-state index >= 15 is 0 Å². The second-order valence-corrected chi connectivity index (χ2v) is 6.90. The standard InChI is InChI=1S/C18H20N2O5S/c21-16(20-10-8-14(26)15(20)17(22)23)13-7-4-9-19(13)18(24)25-11-12-5-2-1-3-6-12/h1-3,5-6,13,15H,4,7-11H2,(H,22,23)/t13-,15-/m0/s1. The van der Waals surface area contributed by atoms with Gasteiger partial charge < -0.3 is 14.7 Å². The van der Waals surface area contributed by atoms with Crippen molar-refractivity contribution in [3.8, 4) is 0 Å². The lowest BCUT2D eigenvalue weighted by Gasteiger charge is -2.29. The summed E-state index contributed by atoms with van der Waals surface area (Å²) in [5, 5.41) is 9.34. The van der Waals surface area contributed by atoms with Crippen LogP contribution in [0.5, 0.6) is 0 Å². The molecule has 3 rings (SSSR count). The molecule has 0 radical (unpaired) electrons. The third-order valence-corrected chi connectivity index (χ3v) is 5.14. The number of carboxylic acid groups (broad SMARTS) is 1. The highest BCUT2D eigenvalue weighted by atomic mass is 32.1. The molecule has 0 saturated carbocycles. The van der Waals surface area contributed by atoms with Crippen molar-refractivity contribution in [1.29, 1.82) is 0 Å². The number of carbonyl (C=O) groups excluding carboxylic acids is 2. The molecule has 2 saturated heterocycles. The van der Waals surface area contributed by atoms with E-state index in [2.05, 4.69) is 0 Å². The third-order valence-electron chi connectivity index (χ3n) is 4.71. The minimum absolute atomic E-state index is 0.128. The van der Waals surface area contributed by atoms with Gasteiger partial charge in [-0.15, -0.1) is 0 Å². The Kier molecular flexibility index (Phi) is 5.51. The molecule has 26 heavy (non-hydrogen) atoms. The fourth-order valence-corrected chi connectivity index (χ4v) is 3.73. The number of benzene rings is 1. The van der Waals surface area contributed by atoms with E-state index in [4.69, 9.17) is 17.0 Å². The average molecular weight is 376 g/mol. The molecule has 2 heterocycles. The quantitative estimate of drug-likeness (QED) is 0.807. The molecular weight excluding hydrogens is 356 g/mol. The number of rotatable bonds is 4. The highest BCUT2D eigenvalue weighted by Gasteiger charge is 2.44. The first-order chi connectivity index (χ1) is 12.5. The number of thiocarbonyl (C=S) groups is 1. The van der Waals surface area contributed by atoms with E-state index < -0.39 is 24.1 Å². The lowest BCUT2D eigenvalue weighted by molar-refractivity contribution is -0.147. The van der Waals surface area contributed by atoms with Crippen LogP contribution in [0.15, 0.2) is 30.3 Å². The number of carboxylic acids is 1. The minimum Gasteiger partial charge on any atom is -0.479 e. The molecule has 138 valence electrons. The first kappa shape index (κ1) is 18.3. The Bertz CT molecular complexity index is 724. The number of hydrogen-bond donors (Lipinski definition) is 1. The van der Waals surface area contributed by atoms with Crippen LogP contribution in [-0.2, 0) is 20.9 Å². The number of nitrogens with zero attached hydrogens (tertiary/aromatic N) is 2. The molecule has 2 atom stereocenters. The van der Waals surface area contributed by atoms with E-state index in [0.29, 0.717) is 30.7 Å². The largest absolute Gasteiger partial charge is 0.479 e. The number of aliphatic carboxylic acids is 1. The molecule has 0 aromatic heterocycles. The highest BCUT2D eigenvalue weighted by Crippen LogP contribution is 2.25. The zero-order valence-electron chi connectivity index (χ0n) is 14.2. The predicted molar refractivity (Wildman–Crippen MR) is 96.7 cm³/mol. The molecule has 0 bridgehead atoms. The van der Waals surface area contributed by atoms with Crippen LogP contribution in [0.3, 0.4) is 0 Å². The minimum atomic E-state index is -1.13. The van der Waals surface area contributed by atoms with Gasteiger partial charge in [-0.25, -0.2) is 9.59 Å². The molecule has 0 aliphatic carbocycles. The van der Waals surface area contributed by atoms with Crippen LogP contribution in [0.1, 0.15) is 24.8 Å². The lowest BCUT2D eigenvalue weighted by Crippen LogP contribution is -2.52. The van der Waals surface area contributed by atoms with Crippen LogP contribution < -0.4 is 0 Å². The molecule has 2 aliphatic heterocycles. The van der Waals surface area contributed by atoms with Crippen LogP contribution >= 0.6 is 12.2 Å². The van der Waals surface area contributed by atoms with E-state index in [1.54, 1.807) is 0 Å². The molecule has 1 N–H and O–H groups in total. The van der Waals surface area contributed by atoms with Crippen molar-refractivity contribution in [3.63, 3.8) is 0 Å². The summed E-state index contributed by atoms with van der Waals surface area (Å²) in [6.45, 7) is 0.820. The summed E-state index contributed by atoms with van der Waals surface area (Å²) < 4.78 is 5.32. The van der Waals surface area contributed by atoms with Gasteiger partial charge in [-0.2, -0.15) is 0 Å². The summed E-state index contributed by atoms with van der Waals surface area (Å²) >= 11 is 5.08.